The third kappa shape index (κ3) is 10.7. The first-order chi connectivity index (χ1) is 19.5. The monoisotopic (exact) mass is 582 g/mol. The molecule has 2 fully saturated rings. The minimum Gasteiger partial charge on any atom is -0.379 e. The van der Waals surface area contributed by atoms with Gasteiger partial charge in [-0.15, -0.1) is 0 Å². The Morgan fingerprint density at radius 2 is 1.59 bits per heavy atom. The Bertz CT molecular complexity index is 1030. The molecule has 0 aliphatic carbocycles. The lowest BCUT2D eigenvalue weighted by atomic mass is 9.94. The summed E-state index contributed by atoms with van der Waals surface area (Å²) in [6, 6.07) is 5.35. The van der Waals surface area contributed by atoms with E-state index >= 15 is 0 Å². The molecule has 1 aromatic rings. The fourth-order valence-electron chi connectivity index (χ4n) is 4.48. The van der Waals surface area contributed by atoms with E-state index in [4.69, 9.17) is 9.47 Å². The van der Waals surface area contributed by atoms with E-state index in [0.29, 0.717) is 26.3 Å². The van der Waals surface area contributed by atoms with Crippen LogP contribution in [0.2, 0.25) is 0 Å². The number of alkyl halides is 2. The number of carbonyl (C=O) groups excluding carboxylic acids is 4. The van der Waals surface area contributed by atoms with Gasteiger partial charge in [0.15, 0.2) is 5.78 Å². The van der Waals surface area contributed by atoms with Crippen molar-refractivity contribution in [2.24, 2.45) is 5.92 Å². The summed E-state index contributed by atoms with van der Waals surface area (Å²) in [6.45, 7) is 3.71. The summed E-state index contributed by atoms with van der Waals surface area (Å²) in [5.41, 5.74) is -0.294. The van der Waals surface area contributed by atoms with E-state index in [1.54, 1.807) is 31.2 Å². The number of rotatable bonds is 16. The summed E-state index contributed by atoms with van der Waals surface area (Å²) in [6.07, 6.45) is 0.379. The summed E-state index contributed by atoms with van der Waals surface area (Å²) >= 11 is 0. The van der Waals surface area contributed by atoms with E-state index < -0.39 is 48.8 Å². The summed E-state index contributed by atoms with van der Waals surface area (Å²) in [4.78, 5) is 54.4. The molecule has 3 N–H and O–H groups in total. The summed E-state index contributed by atoms with van der Waals surface area (Å²) in [5.74, 6) is -2.37. The zero-order valence-corrected chi connectivity index (χ0v) is 23.7. The molecule has 4 atom stereocenters. The van der Waals surface area contributed by atoms with Crippen molar-refractivity contribution in [3.63, 3.8) is 0 Å². The number of morpholine rings is 1. The molecule has 0 radical (unpaired) electrons. The number of ketones is 1. The maximum Gasteiger partial charge on any atom is 0.345 e. The quantitative estimate of drug-likeness (QED) is 0.242. The fourth-order valence-corrected chi connectivity index (χ4v) is 4.48. The van der Waals surface area contributed by atoms with Crippen LogP contribution in [0.4, 0.5) is 8.78 Å². The van der Waals surface area contributed by atoms with Gasteiger partial charge in [-0.3, -0.25) is 24.1 Å². The highest BCUT2D eigenvalue weighted by Gasteiger charge is 2.50. The largest absolute Gasteiger partial charge is 0.379 e. The minimum atomic E-state index is -3.19. The molecule has 0 saturated carbocycles. The number of amides is 3. The van der Waals surface area contributed by atoms with Gasteiger partial charge in [-0.05, 0) is 31.2 Å². The van der Waals surface area contributed by atoms with Gasteiger partial charge in [-0.25, -0.2) is 0 Å². The highest BCUT2D eigenvalue weighted by Crippen LogP contribution is 2.29. The van der Waals surface area contributed by atoms with Crippen molar-refractivity contribution in [2.45, 2.75) is 64.0 Å². The Labute approximate surface area is 238 Å². The van der Waals surface area contributed by atoms with Crippen LogP contribution in [-0.2, 0) is 39.8 Å². The number of halogens is 2. The first-order valence-corrected chi connectivity index (χ1v) is 13.8. The highest BCUT2D eigenvalue weighted by molar-refractivity contribution is 5.98. The number of nitrogens with one attached hydrogen (secondary N) is 3. The van der Waals surface area contributed by atoms with E-state index in [2.05, 4.69) is 20.7 Å². The fraction of sp³-hybridized carbons (Fsp3) is 0.643. The molecule has 3 amide bonds. The third-order valence-corrected chi connectivity index (χ3v) is 6.87. The molecular formula is C28H40F2N4O7. The van der Waals surface area contributed by atoms with Gasteiger partial charge in [0.05, 0.1) is 39.0 Å². The third-order valence-electron chi connectivity index (χ3n) is 6.87. The van der Waals surface area contributed by atoms with Gasteiger partial charge < -0.3 is 30.2 Å². The van der Waals surface area contributed by atoms with Crippen LogP contribution in [0.1, 0.15) is 32.8 Å². The number of nitrogens with zero attached hydrogens (tertiary/aromatic N) is 1. The summed E-state index contributed by atoms with van der Waals surface area (Å²) in [7, 11) is 0. The molecule has 228 valence electrons. The first kappa shape index (κ1) is 32.5. The molecule has 2 heterocycles. The van der Waals surface area contributed by atoms with Gasteiger partial charge in [0.25, 0.3) is 0 Å². The molecule has 0 bridgehead atoms. The first-order valence-electron chi connectivity index (χ1n) is 13.8. The Hall–Kier alpha value is -3.00. The number of hydrogen-bond acceptors (Lipinski definition) is 8. The molecule has 2 aliphatic rings. The molecule has 2 aliphatic heterocycles. The molecule has 13 heteroatoms. The number of Topliss-reactive ketones (excluding diaryl/α,β-unsaturated/α-hetero) is 1. The SMILES string of the molecule is CC(C)C[C@H](NC(=O)CN1CCOCC1)C(=O)N[C@@H](COC(F)F)C(=O)N[C@@H](Cc1ccccc1)C(=O)[C@]1(C)CO1. The van der Waals surface area contributed by atoms with Crippen LogP contribution >= 0.6 is 0 Å². The average Bonchev–Trinajstić information content (AvgIpc) is 3.68. The lowest BCUT2D eigenvalue weighted by Crippen LogP contribution is -2.59. The van der Waals surface area contributed by atoms with Crippen LogP contribution < -0.4 is 16.0 Å². The Kier molecular flexibility index (Phi) is 12.1. The normalized spacial score (nSPS) is 21.1. The van der Waals surface area contributed by atoms with Gasteiger partial charge in [-0.1, -0.05) is 44.2 Å². The van der Waals surface area contributed by atoms with Gasteiger partial charge in [0, 0.05) is 13.1 Å². The molecule has 0 unspecified atom stereocenters. The molecule has 0 spiro atoms. The van der Waals surface area contributed by atoms with Crippen LogP contribution in [0.3, 0.4) is 0 Å². The zero-order valence-electron chi connectivity index (χ0n) is 23.7. The zero-order chi connectivity index (χ0) is 30.0. The molecule has 11 nitrogen and oxygen atoms in total. The van der Waals surface area contributed by atoms with Gasteiger partial charge >= 0.3 is 6.61 Å². The predicted molar refractivity (Wildman–Crippen MR) is 144 cm³/mol. The highest BCUT2D eigenvalue weighted by atomic mass is 19.3. The van der Waals surface area contributed by atoms with E-state index in [1.807, 2.05) is 24.8 Å². The van der Waals surface area contributed by atoms with E-state index in [9.17, 15) is 28.0 Å². The van der Waals surface area contributed by atoms with Crippen molar-refractivity contribution in [1.29, 1.82) is 0 Å². The van der Waals surface area contributed by atoms with Crippen LogP contribution in [0.15, 0.2) is 30.3 Å². The van der Waals surface area contributed by atoms with Crippen LogP contribution in [-0.4, -0.2) is 105 Å². The van der Waals surface area contributed by atoms with Crippen molar-refractivity contribution in [3.8, 4) is 0 Å². The van der Waals surface area contributed by atoms with Crippen molar-refractivity contribution in [3.05, 3.63) is 35.9 Å². The molecule has 41 heavy (non-hydrogen) atoms. The van der Waals surface area contributed by atoms with E-state index in [1.165, 1.54) is 0 Å². The second kappa shape index (κ2) is 15.3. The van der Waals surface area contributed by atoms with Crippen molar-refractivity contribution >= 4 is 23.5 Å². The molecule has 2 saturated heterocycles. The standard InChI is InChI=1S/C28H40F2N4O7/c1-18(2)13-21(31-23(35)15-34-9-11-39-12-10-34)25(37)33-22(16-40-27(29)30)26(38)32-20(24(36)28(3)17-41-28)14-19-7-5-4-6-8-19/h4-8,18,20-22,27H,9-17H2,1-3H3,(H,31,35)(H,32,38)(H,33,37)/t20-,21-,22-,28-/m0/s1. The second-order valence-electron chi connectivity index (χ2n) is 10.9. The number of ether oxygens (including phenoxy) is 3. The van der Waals surface area contributed by atoms with Crippen LogP contribution in [0, 0.1) is 5.92 Å². The van der Waals surface area contributed by atoms with E-state index in [0.717, 1.165) is 5.56 Å². The van der Waals surface area contributed by atoms with Crippen molar-refractivity contribution in [2.75, 3.05) is 46.1 Å². The van der Waals surface area contributed by atoms with Crippen LogP contribution in [0.5, 0.6) is 0 Å². The Morgan fingerprint density at radius 1 is 0.976 bits per heavy atom. The average molecular weight is 583 g/mol. The topological polar surface area (TPSA) is 139 Å². The molecule has 1 aromatic carbocycles. The number of hydrogen-bond donors (Lipinski definition) is 3. The number of epoxide rings is 1. The van der Waals surface area contributed by atoms with Gasteiger partial charge in [-0.2, -0.15) is 8.78 Å². The van der Waals surface area contributed by atoms with Gasteiger partial charge in [0.2, 0.25) is 17.7 Å². The molecule has 3 rings (SSSR count). The predicted octanol–water partition coefficient (Wildman–Crippen LogP) is 0.659. The van der Waals surface area contributed by atoms with Crippen molar-refractivity contribution < 1.29 is 42.2 Å². The number of benzene rings is 1. The summed E-state index contributed by atoms with van der Waals surface area (Å²) < 4.78 is 40.9. The maximum absolute atomic E-state index is 13.3. The second-order valence-corrected chi connectivity index (χ2v) is 10.9. The van der Waals surface area contributed by atoms with E-state index in [-0.39, 0.29) is 43.6 Å². The molecular weight excluding hydrogens is 542 g/mol. The lowest BCUT2D eigenvalue weighted by Gasteiger charge is -2.28. The summed E-state index contributed by atoms with van der Waals surface area (Å²) in [5, 5.41) is 7.75. The van der Waals surface area contributed by atoms with Crippen molar-refractivity contribution in [1.82, 2.24) is 20.9 Å². The maximum atomic E-state index is 13.3. The minimum absolute atomic E-state index is 0.00816. The lowest BCUT2D eigenvalue weighted by molar-refractivity contribution is -0.148. The molecule has 0 aromatic heterocycles. The Morgan fingerprint density at radius 3 is 2.17 bits per heavy atom. The number of carbonyl (C=O) groups is 4. The Balaban J connectivity index is 1.71. The van der Waals surface area contributed by atoms with Crippen LogP contribution in [0.25, 0.3) is 0 Å². The van der Waals surface area contributed by atoms with Gasteiger partial charge in [0.1, 0.15) is 17.7 Å². The smallest absolute Gasteiger partial charge is 0.345 e.